The van der Waals surface area contributed by atoms with Gasteiger partial charge < -0.3 is 15.0 Å². The normalized spacial score (nSPS) is 17.0. The molecule has 0 bridgehead atoms. The maximum atomic E-state index is 12.6. The smallest absolute Gasteiger partial charge is 0.410 e. The second-order valence-corrected chi connectivity index (χ2v) is 10.4. The summed E-state index contributed by atoms with van der Waals surface area (Å²) in [6, 6.07) is 10.2. The first kappa shape index (κ1) is 23.2. The van der Waals surface area contributed by atoms with Crippen molar-refractivity contribution in [2.75, 3.05) is 13.1 Å². The van der Waals surface area contributed by atoms with Crippen LogP contribution in [0.15, 0.2) is 30.3 Å². The molecule has 29 heavy (non-hydrogen) atoms. The summed E-state index contributed by atoms with van der Waals surface area (Å²) in [4.78, 5) is 26.7. The fraction of sp³-hybridized carbons (Fsp3) is 0.667. The largest absolute Gasteiger partial charge is 0.444 e. The molecule has 1 N–H and O–H groups in total. The Kier molecular flexibility index (Phi) is 7.73. The summed E-state index contributed by atoms with van der Waals surface area (Å²) >= 11 is 0. The lowest BCUT2D eigenvalue weighted by molar-refractivity contribution is -0.123. The van der Waals surface area contributed by atoms with Crippen LogP contribution in [0, 0.1) is 11.3 Å². The molecule has 0 radical (unpaired) electrons. The van der Waals surface area contributed by atoms with Crippen molar-refractivity contribution in [3.05, 3.63) is 35.9 Å². The second kappa shape index (κ2) is 9.64. The Labute approximate surface area is 176 Å². The van der Waals surface area contributed by atoms with Crippen molar-refractivity contribution >= 4 is 12.0 Å². The van der Waals surface area contributed by atoms with Gasteiger partial charge in [-0.15, -0.1) is 0 Å². The van der Waals surface area contributed by atoms with Gasteiger partial charge in [0.15, 0.2) is 0 Å². The number of nitrogens with one attached hydrogen (secondary N) is 1. The van der Waals surface area contributed by atoms with Crippen molar-refractivity contribution in [2.45, 2.75) is 78.9 Å². The zero-order valence-corrected chi connectivity index (χ0v) is 19.0. The summed E-state index contributed by atoms with van der Waals surface area (Å²) < 4.78 is 5.49. The number of nitrogens with zero attached hydrogens (tertiary/aromatic N) is 1. The van der Waals surface area contributed by atoms with Gasteiger partial charge in [0, 0.05) is 19.5 Å². The highest BCUT2D eigenvalue weighted by atomic mass is 16.6. The molecule has 2 amide bonds. The number of rotatable bonds is 5. The molecule has 0 spiro atoms. The summed E-state index contributed by atoms with van der Waals surface area (Å²) in [6.45, 7) is 13.3. The molecular formula is C24H38N2O3. The van der Waals surface area contributed by atoms with E-state index in [-0.39, 0.29) is 23.5 Å². The van der Waals surface area contributed by atoms with E-state index in [4.69, 9.17) is 4.74 Å². The fourth-order valence-corrected chi connectivity index (χ4v) is 3.70. The molecule has 0 aromatic heterocycles. The van der Waals surface area contributed by atoms with E-state index in [1.54, 1.807) is 4.90 Å². The molecule has 1 unspecified atom stereocenters. The molecule has 1 aliphatic heterocycles. The molecule has 1 saturated heterocycles. The number of carbonyl (C=O) groups is 2. The van der Waals surface area contributed by atoms with Gasteiger partial charge in [-0.3, -0.25) is 4.79 Å². The lowest BCUT2D eigenvalue weighted by Crippen LogP contribution is -2.42. The van der Waals surface area contributed by atoms with Crippen molar-refractivity contribution in [3.63, 3.8) is 0 Å². The highest BCUT2D eigenvalue weighted by Crippen LogP contribution is 2.30. The van der Waals surface area contributed by atoms with Crippen LogP contribution in [0.2, 0.25) is 0 Å². The van der Waals surface area contributed by atoms with Crippen molar-refractivity contribution in [3.8, 4) is 0 Å². The van der Waals surface area contributed by atoms with Crippen LogP contribution in [-0.2, 0) is 9.53 Å². The van der Waals surface area contributed by atoms with Gasteiger partial charge in [0.05, 0.1) is 6.04 Å². The van der Waals surface area contributed by atoms with Gasteiger partial charge in [-0.05, 0) is 56.9 Å². The maximum Gasteiger partial charge on any atom is 0.410 e. The van der Waals surface area contributed by atoms with Crippen LogP contribution in [0.1, 0.15) is 78.8 Å². The van der Waals surface area contributed by atoms with Gasteiger partial charge in [0.25, 0.3) is 0 Å². The van der Waals surface area contributed by atoms with Gasteiger partial charge in [-0.25, -0.2) is 4.79 Å². The molecule has 162 valence electrons. The van der Waals surface area contributed by atoms with E-state index in [2.05, 4.69) is 38.2 Å². The predicted molar refractivity (Wildman–Crippen MR) is 117 cm³/mol. The Balaban J connectivity index is 1.96. The summed E-state index contributed by atoms with van der Waals surface area (Å²) in [5, 5.41) is 3.26. The molecule has 0 aliphatic carbocycles. The first-order valence-electron chi connectivity index (χ1n) is 10.8. The van der Waals surface area contributed by atoms with Crippen LogP contribution in [0.3, 0.4) is 0 Å². The number of hydrogen-bond acceptors (Lipinski definition) is 3. The second-order valence-electron chi connectivity index (χ2n) is 10.4. The highest BCUT2D eigenvalue weighted by molar-refractivity contribution is 5.77. The quantitative estimate of drug-likeness (QED) is 0.725. The van der Waals surface area contributed by atoms with Crippen LogP contribution in [0.5, 0.6) is 0 Å². The molecule has 1 heterocycles. The third-order valence-corrected chi connectivity index (χ3v) is 5.06. The van der Waals surface area contributed by atoms with E-state index in [1.165, 1.54) is 0 Å². The summed E-state index contributed by atoms with van der Waals surface area (Å²) in [6.07, 6.45) is 3.03. The van der Waals surface area contributed by atoms with Crippen molar-refractivity contribution in [1.82, 2.24) is 10.2 Å². The molecule has 1 aromatic carbocycles. The Morgan fingerprint density at radius 3 is 2.17 bits per heavy atom. The number of ether oxygens (including phenoxy) is 1. The minimum atomic E-state index is -0.469. The lowest BCUT2D eigenvalue weighted by Gasteiger charge is -2.35. The Morgan fingerprint density at radius 1 is 1.07 bits per heavy atom. The first-order chi connectivity index (χ1) is 13.4. The van der Waals surface area contributed by atoms with E-state index in [0.29, 0.717) is 25.4 Å². The number of piperidine rings is 1. The SMILES string of the molecule is CC(C)(C)CC(=O)NC(CC1CCN(C(=O)OC(C)(C)C)CC1)c1ccccc1. The molecule has 2 rings (SSSR count). The maximum absolute atomic E-state index is 12.6. The lowest BCUT2D eigenvalue weighted by atomic mass is 9.87. The van der Waals surface area contributed by atoms with Gasteiger partial charge in [0.1, 0.15) is 5.60 Å². The van der Waals surface area contributed by atoms with Crippen LogP contribution < -0.4 is 5.32 Å². The standard InChI is InChI=1S/C24H38N2O3/c1-23(2,3)17-21(27)25-20(19-10-8-7-9-11-19)16-18-12-14-26(15-13-18)22(28)29-24(4,5)6/h7-11,18,20H,12-17H2,1-6H3,(H,25,27). The average molecular weight is 403 g/mol. The third-order valence-electron chi connectivity index (χ3n) is 5.06. The topological polar surface area (TPSA) is 58.6 Å². The molecule has 1 aliphatic rings. The van der Waals surface area contributed by atoms with Crippen molar-refractivity contribution < 1.29 is 14.3 Å². The van der Waals surface area contributed by atoms with E-state index >= 15 is 0 Å². The van der Waals surface area contributed by atoms with Gasteiger partial charge in [-0.1, -0.05) is 51.1 Å². The van der Waals surface area contributed by atoms with Crippen LogP contribution >= 0.6 is 0 Å². The average Bonchev–Trinajstić information content (AvgIpc) is 2.59. The Hall–Kier alpha value is -2.04. The minimum Gasteiger partial charge on any atom is -0.444 e. The number of benzene rings is 1. The number of carbonyl (C=O) groups excluding carboxylic acids is 2. The summed E-state index contributed by atoms with van der Waals surface area (Å²) in [7, 11) is 0. The van der Waals surface area contributed by atoms with Crippen molar-refractivity contribution in [1.29, 1.82) is 0 Å². The third kappa shape index (κ3) is 8.46. The number of amides is 2. The molecule has 1 aromatic rings. The van der Waals surface area contributed by atoms with E-state index < -0.39 is 5.60 Å². The zero-order valence-electron chi connectivity index (χ0n) is 19.0. The Morgan fingerprint density at radius 2 is 1.66 bits per heavy atom. The fourth-order valence-electron chi connectivity index (χ4n) is 3.70. The molecule has 5 heteroatoms. The highest BCUT2D eigenvalue weighted by Gasteiger charge is 2.29. The van der Waals surface area contributed by atoms with Crippen LogP contribution in [-0.4, -0.2) is 35.6 Å². The molecular weight excluding hydrogens is 364 g/mol. The van der Waals surface area contributed by atoms with E-state index in [0.717, 1.165) is 24.8 Å². The molecule has 5 nitrogen and oxygen atoms in total. The first-order valence-corrected chi connectivity index (χ1v) is 10.8. The van der Waals surface area contributed by atoms with Gasteiger partial charge in [-0.2, -0.15) is 0 Å². The molecule has 0 saturated carbocycles. The summed E-state index contributed by atoms with van der Waals surface area (Å²) in [5.74, 6) is 0.561. The van der Waals surface area contributed by atoms with Gasteiger partial charge >= 0.3 is 6.09 Å². The zero-order chi connectivity index (χ0) is 21.7. The number of likely N-dealkylation sites (tertiary alicyclic amines) is 1. The van der Waals surface area contributed by atoms with Crippen LogP contribution in [0.4, 0.5) is 4.79 Å². The minimum absolute atomic E-state index is 0.00382. The summed E-state index contributed by atoms with van der Waals surface area (Å²) in [5.41, 5.74) is 0.637. The predicted octanol–water partition coefficient (Wildman–Crippen LogP) is 5.32. The Bertz CT molecular complexity index is 666. The monoisotopic (exact) mass is 402 g/mol. The van der Waals surface area contributed by atoms with E-state index in [1.807, 2.05) is 39.0 Å². The van der Waals surface area contributed by atoms with Gasteiger partial charge in [0.2, 0.25) is 5.91 Å². The van der Waals surface area contributed by atoms with E-state index in [9.17, 15) is 9.59 Å². The number of hydrogen-bond donors (Lipinski definition) is 1. The molecule has 1 atom stereocenters. The molecule has 1 fully saturated rings. The van der Waals surface area contributed by atoms with Crippen molar-refractivity contribution in [2.24, 2.45) is 11.3 Å². The van der Waals surface area contributed by atoms with Crippen LogP contribution in [0.25, 0.3) is 0 Å².